The number of nitriles is 1. The number of ketones is 1. The van der Waals surface area contributed by atoms with E-state index < -0.39 is 23.3 Å². The second kappa shape index (κ2) is 4.62. The molecule has 1 aromatic carbocycles. The van der Waals surface area contributed by atoms with Crippen molar-refractivity contribution in [3.8, 4) is 6.07 Å². The zero-order valence-electron chi connectivity index (χ0n) is 8.33. The first-order chi connectivity index (χ1) is 7.52. The molecule has 0 aromatic heterocycles. The number of benzene rings is 1. The van der Waals surface area contributed by atoms with E-state index in [0.29, 0.717) is 0 Å². The summed E-state index contributed by atoms with van der Waals surface area (Å²) in [5, 5.41) is 8.63. The van der Waals surface area contributed by atoms with Crippen molar-refractivity contribution >= 4 is 12.1 Å². The Kier molecular flexibility index (Phi) is 3.46. The lowest BCUT2D eigenvalue weighted by Gasteiger charge is -2.09. The lowest BCUT2D eigenvalue weighted by Crippen LogP contribution is -2.06. The quantitative estimate of drug-likeness (QED) is 0.584. The van der Waals surface area contributed by atoms with E-state index in [1.54, 1.807) is 6.07 Å². The molecule has 16 heavy (non-hydrogen) atoms. The number of hydrogen-bond acceptors (Lipinski definition) is 3. The molecule has 0 spiro atoms. The van der Waals surface area contributed by atoms with Gasteiger partial charge < -0.3 is 0 Å². The molecule has 1 rings (SSSR count). The maximum atomic E-state index is 12.7. The highest BCUT2D eigenvalue weighted by molar-refractivity contribution is 6.02. The molecule has 0 aliphatic carbocycles. The second-order valence-electron chi connectivity index (χ2n) is 3.07. The number of rotatable bonds is 3. The van der Waals surface area contributed by atoms with Gasteiger partial charge in [-0.15, -0.1) is 0 Å². The third-order valence-corrected chi connectivity index (χ3v) is 2.12. The number of Topliss-reactive ketones (excluding diaryl/α,β-unsaturated/α-hetero) is 1. The predicted octanol–water partition coefficient (Wildman–Crippen LogP) is 2.51. The van der Waals surface area contributed by atoms with E-state index in [2.05, 4.69) is 0 Å². The number of nitrogens with zero attached hydrogens (tertiary/aromatic N) is 1. The van der Waals surface area contributed by atoms with Crippen LogP contribution in [-0.4, -0.2) is 12.1 Å². The number of halogens is 2. The van der Waals surface area contributed by atoms with Gasteiger partial charge in [0.1, 0.15) is 0 Å². The Hall–Kier alpha value is -2.09. The van der Waals surface area contributed by atoms with Crippen LogP contribution >= 0.6 is 0 Å². The minimum absolute atomic E-state index is 0.0932. The van der Waals surface area contributed by atoms with Crippen LogP contribution in [0.3, 0.4) is 0 Å². The molecule has 0 saturated carbocycles. The molecule has 0 radical (unpaired) electrons. The second-order valence-corrected chi connectivity index (χ2v) is 3.07. The number of alkyl halides is 2. The fourth-order valence-corrected chi connectivity index (χ4v) is 1.40. The van der Waals surface area contributed by atoms with Gasteiger partial charge in [-0.25, -0.2) is 8.78 Å². The molecule has 0 unspecified atom stereocenters. The lowest BCUT2D eigenvalue weighted by molar-refractivity contribution is 0.100. The van der Waals surface area contributed by atoms with Gasteiger partial charge in [0.25, 0.3) is 6.43 Å². The van der Waals surface area contributed by atoms with Gasteiger partial charge in [-0.3, -0.25) is 9.59 Å². The van der Waals surface area contributed by atoms with Crippen molar-refractivity contribution in [2.45, 2.75) is 13.3 Å². The maximum absolute atomic E-state index is 12.7. The Labute approximate surface area is 90.3 Å². The van der Waals surface area contributed by atoms with Crippen molar-refractivity contribution in [1.29, 1.82) is 5.26 Å². The predicted molar refractivity (Wildman–Crippen MR) is 51.5 cm³/mol. The minimum Gasteiger partial charge on any atom is -0.298 e. The van der Waals surface area contributed by atoms with Gasteiger partial charge >= 0.3 is 0 Å². The minimum atomic E-state index is -2.96. The Balaban J connectivity index is 3.64. The normalized spacial score (nSPS) is 9.94. The summed E-state index contributed by atoms with van der Waals surface area (Å²) in [4.78, 5) is 21.8. The van der Waals surface area contributed by atoms with Crippen LogP contribution in [-0.2, 0) is 0 Å². The van der Waals surface area contributed by atoms with Gasteiger partial charge in [0.05, 0.1) is 11.6 Å². The van der Waals surface area contributed by atoms with Crippen LogP contribution in [0.1, 0.15) is 45.2 Å². The van der Waals surface area contributed by atoms with Crippen molar-refractivity contribution in [2.24, 2.45) is 0 Å². The Morgan fingerprint density at radius 3 is 2.50 bits per heavy atom. The molecule has 0 N–H and O–H groups in total. The van der Waals surface area contributed by atoms with E-state index in [1.807, 2.05) is 0 Å². The number of carbonyl (C=O) groups is 2. The molecular weight excluding hydrogens is 216 g/mol. The van der Waals surface area contributed by atoms with E-state index in [0.717, 1.165) is 6.07 Å². The molecule has 0 atom stereocenters. The van der Waals surface area contributed by atoms with Gasteiger partial charge in [-0.1, -0.05) is 0 Å². The third-order valence-electron chi connectivity index (χ3n) is 2.12. The summed E-state index contributed by atoms with van der Waals surface area (Å²) >= 11 is 0. The highest BCUT2D eigenvalue weighted by atomic mass is 19.3. The first-order valence-corrected chi connectivity index (χ1v) is 4.34. The van der Waals surface area contributed by atoms with Crippen LogP contribution in [0.2, 0.25) is 0 Å². The molecule has 0 aliphatic rings. The van der Waals surface area contributed by atoms with Crippen LogP contribution < -0.4 is 0 Å². The Morgan fingerprint density at radius 2 is 2.12 bits per heavy atom. The highest BCUT2D eigenvalue weighted by Crippen LogP contribution is 2.28. The fourth-order valence-electron chi connectivity index (χ4n) is 1.40. The summed E-state index contributed by atoms with van der Waals surface area (Å²) in [6.45, 7) is 1.17. The number of carbonyl (C=O) groups excluding carboxylic acids is 2. The fraction of sp³-hybridized carbons (Fsp3) is 0.182. The van der Waals surface area contributed by atoms with Gasteiger partial charge in [-0.05, 0) is 19.1 Å². The SMILES string of the molecule is CC(=O)c1ccc(C#N)c(C(F)F)c1C=O. The molecule has 0 heterocycles. The van der Waals surface area contributed by atoms with Gasteiger partial charge in [-0.2, -0.15) is 5.26 Å². The van der Waals surface area contributed by atoms with Crippen molar-refractivity contribution in [3.05, 3.63) is 34.4 Å². The average Bonchev–Trinajstić information content (AvgIpc) is 2.26. The van der Waals surface area contributed by atoms with Crippen molar-refractivity contribution < 1.29 is 18.4 Å². The van der Waals surface area contributed by atoms with E-state index in [4.69, 9.17) is 5.26 Å². The standard InChI is InChI=1S/C11H7F2NO2/c1-6(16)8-3-2-7(4-14)10(11(12)13)9(8)5-15/h2-3,5,11H,1H3. The first kappa shape index (κ1) is 12.0. The largest absolute Gasteiger partial charge is 0.298 e. The molecule has 0 saturated heterocycles. The zero-order chi connectivity index (χ0) is 12.3. The summed E-state index contributed by atoms with van der Waals surface area (Å²) in [5.74, 6) is -0.492. The molecule has 0 amide bonds. The summed E-state index contributed by atoms with van der Waals surface area (Å²) in [6, 6.07) is 3.89. The molecule has 0 bridgehead atoms. The molecular formula is C11H7F2NO2. The highest BCUT2D eigenvalue weighted by Gasteiger charge is 2.22. The van der Waals surface area contributed by atoms with E-state index in [-0.39, 0.29) is 17.4 Å². The summed E-state index contributed by atoms with van der Waals surface area (Å²) in [5.41, 5.74) is -1.46. The maximum Gasteiger partial charge on any atom is 0.265 e. The van der Waals surface area contributed by atoms with Crippen LogP contribution in [0, 0.1) is 11.3 Å². The van der Waals surface area contributed by atoms with Gasteiger partial charge in [0.2, 0.25) is 0 Å². The van der Waals surface area contributed by atoms with E-state index >= 15 is 0 Å². The Morgan fingerprint density at radius 1 is 1.50 bits per heavy atom. The van der Waals surface area contributed by atoms with Crippen molar-refractivity contribution in [3.63, 3.8) is 0 Å². The van der Waals surface area contributed by atoms with Crippen LogP contribution in [0.5, 0.6) is 0 Å². The molecule has 0 aliphatic heterocycles. The molecule has 1 aromatic rings. The van der Waals surface area contributed by atoms with E-state index in [1.165, 1.54) is 13.0 Å². The smallest absolute Gasteiger partial charge is 0.265 e. The molecule has 5 heteroatoms. The third kappa shape index (κ3) is 1.96. The molecule has 82 valence electrons. The summed E-state index contributed by atoms with van der Waals surface area (Å²) in [7, 11) is 0. The van der Waals surface area contributed by atoms with Crippen LogP contribution in [0.4, 0.5) is 8.78 Å². The number of aldehydes is 1. The van der Waals surface area contributed by atoms with Crippen molar-refractivity contribution in [1.82, 2.24) is 0 Å². The van der Waals surface area contributed by atoms with Crippen molar-refractivity contribution in [2.75, 3.05) is 0 Å². The molecule has 0 fully saturated rings. The zero-order valence-corrected chi connectivity index (χ0v) is 8.33. The monoisotopic (exact) mass is 223 g/mol. The number of hydrogen-bond donors (Lipinski definition) is 0. The Bertz CT molecular complexity index is 489. The first-order valence-electron chi connectivity index (χ1n) is 4.34. The van der Waals surface area contributed by atoms with Gasteiger partial charge in [0.15, 0.2) is 12.1 Å². The topological polar surface area (TPSA) is 57.9 Å². The summed E-state index contributed by atoms with van der Waals surface area (Å²) in [6.07, 6.45) is -2.78. The molecule has 3 nitrogen and oxygen atoms in total. The van der Waals surface area contributed by atoms with Gasteiger partial charge in [0, 0.05) is 16.7 Å². The van der Waals surface area contributed by atoms with E-state index in [9.17, 15) is 18.4 Å². The van der Waals surface area contributed by atoms with Crippen LogP contribution in [0.15, 0.2) is 12.1 Å². The van der Waals surface area contributed by atoms with Crippen LogP contribution in [0.25, 0.3) is 0 Å². The summed E-state index contributed by atoms with van der Waals surface area (Å²) < 4.78 is 25.4. The average molecular weight is 223 g/mol. The lowest BCUT2D eigenvalue weighted by atomic mass is 9.95.